The molecule has 0 bridgehead atoms. The first kappa shape index (κ1) is 17.6. The lowest BCUT2D eigenvalue weighted by atomic mass is 9.82. The number of anilines is 1. The molecule has 1 heterocycles. The summed E-state index contributed by atoms with van der Waals surface area (Å²) < 4.78 is 1.42. The van der Waals surface area contributed by atoms with Gasteiger partial charge in [-0.25, -0.2) is 4.79 Å². The van der Waals surface area contributed by atoms with Crippen molar-refractivity contribution in [3.63, 3.8) is 0 Å². The number of carbonyl (C=O) groups is 2. The fourth-order valence-corrected chi connectivity index (χ4v) is 3.33. The third-order valence-electron chi connectivity index (χ3n) is 5.27. The average molecular weight is 368 g/mol. The van der Waals surface area contributed by atoms with Gasteiger partial charge in [-0.2, -0.15) is 9.78 Å². The minimum Gasteiger partial charge on any atom is -0.507 e. The van der Waals surface area contributed by atoms with Gasteiger partial charge in [0.25, 0.3) is 0 Å². The Kier molecular flexibility index (Phi) is 4.59. The lowest BCUT2D eigenvalue weighted by Gasteiger charge is -2.25. The summed E-state index contributed by atoms with van der Waals surface area (Å²) in [4.78, 5) is 24.3. The molecule has 2 amide bonds. The molecule has 0 radical (unpaired) electrons. The number of nitrogens with one attached hydrogen (secondary N) is 2. The van der Waals surface area contributed by atoms with Crippen molar-refractivity contribution in [3.05, 3.63) is 30.0 Å². The second-order valence-electron chi connectivity index (χ2n) is 7.33. The predicted octanol–water partition coefficient (Wildman–Crippen LogP) is 3.45. The van der Waals surface area contributed by atoms with E-state index >= 15 is 0 Å². The predicted molar refractivity (Wildman–Crippen MR) is 102 cm³/mol. The zero-order valence-electron chi connectivity index (χ0n) is 15.4. The lowest BCUT2D eigenvalue weighted by molar-refractivity contribution is -0.117. The SMILES string of the molecule is CCNC(=O)n1nc(-c2ccc(NC(=O)C3CC3)cc2O)cc1C1CCC1. The summed E-state index contributed by atoms with van der Waals surface area (Å²) >= 11 is 0. The van der Waals surface area contributed by atoms with Crippen LogP contribution in [0.25, 0.3) is 11.3 Å². The Morgan fingerprint density at radius 2 is 2.00 bits per heavy atom. The molecule has 2 aliphatic rings. The van der Waals surface area contributed by atoms with Gasteiger partial charge in [-0.05, 0) is 50.8 Å². The second kappa shape index (κ2) is 7.06. The van der Waals surface area contributed by atoms with Crippen LogP contribution in [0.15, 0.2) is 24.3 Å². The van der Waals surface area contributed by atoms with Gasteiger partial charge in [0.05, 0.1) is 11.4 Å². The highest BCUT2D eigenvalue weighted by atomic mass is 16.3. The molecule has 7 heteroatoms. The van der Waals surface area contributed by atoms with Gasteiger partial charge in [0, 0.05) is 35.7 Å². The van der Waals surface area contributed by atoms with Gasteiger partial charge in [-0.1, -0.05) is 6.42 Å². The zero-order valence-corrected chi connectivity index (χ0v) is 15.4. The van der Waals surface area contributed by atoms with Gasteiger partial charge >= 0.3 is 6.03 Å². The maximum absolute atomic E-state index is 12.4. The fourth-order valence-electron chi connectivity index (χ4n) is 3.33. The van der Waals surface area contributed by atoms with Crippen LogP contribution in [0.5, 0.6) is 5.75 Å². The topological polar surface area (TPSA) is 96.3 Å². The van der Waals surface area contributed by atoms with Crippen molar-refractivity contribution >= 4 is 17.6 Å². The summed E-state index contributed by atoms with van der Waals surface area (Å²) in [5.74, 6) is 0.456. The number of phenols is 1. The van der Waals surface area contributed by atoms with E-state index < -0.39 is 0 Å². The minimum atomic E-state index is -0.251. The molecule has 0 unspecified atom stereocenters. The Balaban J connectivity index is 1.62. The van der Waals surface area contributed by atoms with Gasteiger partial charge in [0.1, 0.15) is 5.75 Å². The van der Waals surface area contributed by atoms with E-state index in [0.29, 0.717) is 29.4 Å². The number of aromatic nitrogens is 2. The van der Waals surface area contributed by atoms with E-state index in [2.05, 4.69) is 15.7 Å². The molecule has 142 valence electrons. The van der Waals surface area contributed by atoms with Crippen molar-refractivity contribution in [2.75, 3.05) is 11.9 Å². The molecule has 1 aromatic heterocycles. The molecule has 2 fully saturated rings. The number of aromatic hydroxyl groups is 1. The van der Waals surface area contributed by atoms with Crippen LogP contribution < -0.4 is 10.6 Å². The van der Waals surface area contributed by atoms with Crippen LogP contribution in [-0.2, 0) is 4.79 Å². The molecule has 27 heavy (non-hydrogen) atoms. The standard InChI is InChI=1S/C20H24N4O3/c1-2-21-20(27)24-17(12-4-3-5-12)11-16(23-24)15-9-8-14(10-18(15)25)22-19(26)13-6-7-13/h8-13,25H,2-7H2,1H3,(H,21,27)(H,22,26). The van der Waals surface area contributed by atoms with E-state index in [1.165, 1.54) is 10.7 Å². The molecule has 0 spiro atoms. The molecular weight excluding hydrogens is 344 g/mol. The van der Waals surface area contributed by atoms with Gasteiger partial charge in [-0.15, -0.1) is 0 Å². The molecule has 0 atom stereocenters. The number of hydrogen-bond donors (Lipinski definition) is 3. The van der Waals surface area contributed by atoms with Gasteiger partial charge in [0.15, 0.2) is 0 Å². The summed E-state index contributed by atoms with van der Waals surface area (Å²) in [6.45, 7) is 2.39. The number of nitrogens with zero attached hydrogens (tertiary/aromatic N) is 2. The van der Waals surface area contributed by atoms with Gasteiger partial charge < -0.3 is 15.7 Å². The van der Waals surface area contributed by atoms with Gasteiger partial charge in [-0.3, -0.25) is 4.79 Å². The molecule has 2 aromatic rings. The molecular formula is C20H24N4O3. The molecule has 1 aromatic carbocycles. The number of benzene rings is 1. The lowest BCUT2D eigenvalue weighted by Crippen LogP contribution is -2.31. The molecule has 0 saturated heterocycles. The molecule has 2 aliphatic carbocycles. The van der Waals surface area contributed by atoms with E-state index in [-0.39, 0.29) is 23.6 Å². The first-order valence-corrected chi connectivity index (χ1v) is 9.59. The van der Waals surface area contributed by atoms with E-state index in [4.69, 9.17) is 0 Å². The molecule has 3 N–H and O–H groups in total. The highest BCUT2D eigenvalue weighted by Crippen LogP contribution is 2.39. The average Bonchev–Trinajstić information content (AvgIpc) is 3.35. The van der Waals surface area contributed by atoms with Crippen LogP contribution in [-0.4, -0.2) is 33.4 Å². The van der Waals surface area contributed by atoms with Crippen molar-refractivity contribution in [3.8, 4) is 17.0 Å². The van der Waals surface area contributed by atoms with E-state index in [1.807, 2.05) is 13.0 Å². The van der Waals surface area contributed by atoms with Crippen LogP contribution >= 0.6 is 0 Å². The third kappa shape index (κ3) is 3.54. The van der Waals surface area contributed by atoms with Crippen molar-refractivity contribution in [2.45, 2.75) is 44.9 Å². The molecule has 4 rings (SSSR count). The maximum atomic E-state index is 12.4. The molecule has 2 saturated carbocycles. The fraction of sp³-hybridized carbons (Fsp3) is 0.450. The highest BCUT2D eigenvalue weighted by molar-refractivity contribution is 5.94. The Labute approximate surface area is 157 Å². The molecule has 7 nitrogen and oxygen atoms in total. The Bertz CT molecular complexity index is 881. The Morgan fingerprint density at radius 3 is 2.59 bits per heavy atom. The van der Waals surface area contributed by atoms with Crippen LogP contribution in [0.3, 0.4) is 0 Å². The first-order chi connectivity index (χ1) is 13.1. The summed E-state index contributed by atoms with van der Waals surface area (Å²) in [5.41, 5.74) is 2.55. The largest absolute Gasteiger partial charge is 0.507 e. The maximum Gasteiger partial charge on any atom is 0.342 e. The number of carbonyl (C=O) groups excluding carboxylic acids is 2. The van der Waals surface area contributed by atoms with E-state index in [0.717, 1.165) is 37.8 Å². The van der Waals surface area contributed by atoms with Crippen molar-refractivity contribution in [1.29, 1.82) is 0 Å². The number of rotatable bonds is 5. The Morgan fingerprint density at radius 1 is 1.22 bits per heavy atom. The molecule has 0 aliphatic heterocycles. The smallest absolute Gasteiger partial charge is 0.342 e. The zero-order chi connectivity index (χ0) is 19.0. The van der Waals surface area contributed by atoms with E-state index in [1.54, 1.807) is 12.1 Å². The van der Waals surface area contributed by atoms with Crippen LogP contribution in [0, 0.1) is 5.92 Å². The first-order valence-electron chi connectivity index (χ1n) is 9.59. The second-order valence-corrected chi connectivity index (χ2v) is 7.33. The van der Waals surface area contributed by atoms with Crippen molar-refractivity contribution in [2.24, 2.45) is 5.92 Å². The number of hydrogen-bond acceptors (Lipinski definition) is 4. The van der Waals surface area contributed by atoms with Crippen LogP contribution in [0.4, 0.5) is 10.5 Å². The highest BCUT2D eigenvalue weighted by Gasteiger charge is 2.30. The summed E-state index contributed by atoms with van der Waals surface area (Å²) in [6.07, 6.45) is 5.10. The quantitative estimate of drug-likeness (QED) is 0.753. The normalized spacial score (nSPS) is 16.6. The third-order valence-corrected chi connectivity index (χ3v) is 5.27. The van der Waals surface area contributed by atoms with E-state index in [9.17, 15) is 14.7 Å². The van der Waals surface area contributed by atoms with Crippen LogP contribution in [0.1, 0.15) is 50.6 Å². The minimum absolute atomic E-state index is 0.00469. The van der Waals surface area contributed by atoms with Gasteiger partial charge in [0.2, 0.25) is 5.91 Å². The number of phenolic OH excluding ortho intramolecular Hbond substituents is 1. The Hall–Kier alpha value is -2.83. The monoisotopic (exact) mass is 368 g/mol. The van der Waals surface area contributed by atoms with Crippen molar-refractivity contribution < 1.29 is 14.7 Å². The summed E-state index contributed by atoms with van der Waals surface area (Å²) in [7, 11) is 0. The van der Waals surface area contributed by atoms with Crippen molar-refractivity contribution in [1.82, 2.24) is 15.1 Å². The summed E-state index contributed by atoms with van der Waals surface area (Å²) in [6, 6.07) is 6.65. The summed E-state index contributed by atoms with van der Waals surface area (Å²) in [5, 5.41) is 20.5. The number of amides is 2. The van der Waals surface area contributed by atoms with Crippen LogP contribution in [0.2, 0.25) is 0 Å².